The van der Waals surface area contributed by atoms with Gasteiger partial charge in [0.2, 0.25) is 5.78 Å². The van der Waals surface area contributed by atoms with E-state index in [9.17, 15) is 9.18 Å². The lowest BCUT2D eigenvalue weighted by Gasteiger charge is -1.98. The number of carbonyl (C=O) groups excluding carboxylic acids is 1. The molecule has 0 atom stereocenters. The molecule has 1 heterocycles. The number of hydrogen-bond donors (Lipinski definition) is 0. The monoisotopic (exact) mass is 268 g/mol. The lowest BCUT2D eigenvalue weighted by molar-refractivity contribution is 0.101. The first-order valence-electron chi connectivity index (χ1n) is 6.36. The normalized spacial score (nSPS) is 10.9. The Morgan fingerprint density at radius 3 is 2.45 bits per heavy atom. The molecule has 1 aromatic heterocycles. The summed E-state index contributed by atoms with van der Waals surface area (Å²) in [5.41, 5.74) is 3.05. The fraction of sp³-hybridized carbons (Fsp3) is 0.118. The highest BCUT2D eigenvalue weighted by atomic mass is 19.1. The molecule has 0 aliphatic carbocycles. The van der Waals surface area contributed by atoms with E-state index in [0.29, 0.717) is 16.9 Å². The molecule has 2 aromatic carbocycles. The third-order valence-electron chi connectivity index (χ3n) is 3.40. The molecule has 0 saturated heterocycles. The Balaban J connectivity index is 2.12. The van der Waals surface area contributed by atoms with E-state index in [1.165, 1.54) is 24.3 Å². The summed E-state index contributed by atoms with van der Waals surface area (Å²) in [6.45, 7) is 3.86. The fourth-order valence-electron chi connectivity index (χ4n) is 2.28. The van der Waals surface area contributed by atoms with Crippen LogP contribution in [0, 0.1) is 19.7 Å². The molecular weight excluding hydrogens is 255 g/mol. The number of furan rings is 1. The molecule has 0 fully saturated rings. The van der Waals surface area contributed by atoms with E-state index >= 15 is 0 Å². The van der Waals surface area contributed by atoms with Crippen LogP contribution in [0.1, 0.15) is 27.2 Å². The van der Waals surface area contributed by atoms with Crippen LogP contribution in [-0.4, -0.2) is 5.78 Å². The zero-order valence-corrected chi connectivity index (χ0v) is 11.2. The van der Waals surface area contributed by atoms with E-state index in [1.54, 1.807) is 0 Å². The van der Waals surface area contributed by atoms with Gasteiger partial charge in [-0.2, -0.15) is 0 Å². The summed E-state index contributed by atoms with van der Waals surface area (Å²) in [6, 6.07) is 11.3. The molecule has 20 heavy (non-hydrogen) atoms. The van der Waals surface area contributed by atoms with Gasteiger partial charge in [-0.3, -0.25) is 4.79 Å². The molecule has 0 aliphatic rings. The van der Waals surface area contributed by atoms with Crippen LogP contribution in [-0.2, 0) is 0 Å². The van der Waals surface area contributed by atoms with E-state index in [1.807, 2.05) is 32.0 Å². The first-order valence-corrected chi connectivity index (χ1v) is 6.36. The first-order chi connectivity index (χ1) is 9.56. The second-order valence-electron chi connectivity index (χ2n) is 4.89. The summed E-state index contributed by atoms with van der Waals surface area (Å²) in [5.74, 6) is -0.271. The van der Waals surface area contributed by atoms with Gasteiger partial charge in [0.05, 0.1) is 0 Å². The summed E-state index contributed by atoms with van der Waals surface area (Å²) in [4.78, 5) is 12.4. The van der Waals surface area contributed by atoms with Gasteiger partial charge in [0.1, 0.15) is 11.4 Å². The molecule has 0 radical (unpaired) electrons. The summed E-state index contributed by atoms with van der Waals surface area (Å²) in [6.07, 6.45) is 0. The highest BCUT2D eigenvalue weighted by Gasteiger charge is 2.19. The Bertz CT molecular complexity index is 798. The fourth-order valence-corrected chi connectivity index (χ4v) is 2.28. The van der Waals surface area contributed by atoms with Gasteiger partial charge in [-0.25, -0.2) is 4.39 Å². The number of ketones is 1. The molecule has 100 valence electrons. The molecule has 0 unspecified atom stereocenters. The molecule has 0 spiro atoms. The highest BCUT2D eigenvalue weighted by molar-refractivity contribution is 6.10. The van der Waals surface area contributed by atoms with Crippen LogP contribution >= 0.6 is 0 Å². The molecular formula is C17H13FO2. The van der Waals surface area contributed by atoms with E-state index in [2.05, 4.69) is 0 Å². The summed E-state index contributed by atoms with van der Waals surface area (Å²) in [5, 5.41) is 0.940. The van der Waals surface area contributed by atoms with Crippen molar-refractivity contribution in [1.82, 2.24) is 0 Å². The van der Waals surface area contributed by atoms with E-state index in [-0.39, 0.29) is 11.6 Å². The summed E-state index contributed by atoms with van der Waals surface area (Å²) in [7, 11) is 0. The standard InChI is InChI=1S/C17H13FO2/c1-10-3-8-15-14(9-10)11(2)17(20-15)16(19)12-4-6-13(18)7-5-12/h3-9H,1-2H3. The summed E-state index contributed by atoms with van der Waals surface area (Å²) >= 11 is 0. The van der Waals surface area contributed by atoms with Crippen molar-refractivity contribution in [3.05, 3.63) is 70.7 Å². The molecule has 0 aliphatic heterocycles. The van der Waals surface area contributed by atoms with Crippen LogP contribution in [0.5, 0.6) is 0 Å². The Morgan fingerprint density at radius 1 is 1.05 bits per heavy atom. The maximum Gasteiger partial charge on any atom is 0.228 e. The van der Waals surface area contributed by atoms with Gasteiger partial charge in [-0.05, 0) is 50.2 Å². The average Bonchev–Trinajstić information content (AvgIpc) is 2.76. The Morgan fingerprint density at radius 2 is 1.75 bits per heavy atom. The minimum Gasteiger partial charge on any atom is -0.452 e. The van der Waals surface area contributed by atoms with Crippen molar-refractivity contribution in [2.75, 3.05) is 0 Å². The minimum atomic E-state index is -0.362. The zero-order chi connectivity index (χ0) is 14.3. The average molecular weight is 268 g/mol. The van der Waals surface area contributed by atoms with Gasteiger partial charge in [-0.1, -0.05) is 11.6 Å². The Hall–Kier alpha value is -2.42. The number of carbonyl (C=O) groups is 1. The number of halogens is 1. The number of fused-ring (bicyclic) bond motifs is 1. The number of aryl methyl sites for hydroxylation is 2. The SMILES string of the molecule is Cc1ccc2oc(C(=O)c3ccc(F)cc3)c(C)c2c1. The van der Waals surface area contributed by atoms with Crippen molar-refractivity contribution in [2.45, 2.75) is 13.8 Å². The molecule has 0 N–H and O–H groups in total. The highest BCUT2D eigenvalue weighted by Crippen LogP contribution is 2.27. The maximum atomic E-state index is 12.9. The Labute approximate surface area is 115 Å². The summed E-state index contributed by atoms with van der Waals surface area (Å²) < 4.78 is 18.6. The van der Waals surface area contributed by atoms with Crippen molar-refractivity contribution >= 4 is 16.8 Å². The van der Waals surface area contributed by atoms with Crippen LogP contribution < -0.4 is 0 Å². The molecule has 0 amide bonds. The molecule has 0 saturated carbocycles. The van der Waals surface area contributed by atoms with Crippen LogP contribution in [0.4, 0.5) is 4.39 Å². The largest absolute Gasteiger partial charge is 0.452 e. The minimum absolute atomic E-state index is 0.226. The number of benzene rings is 2. The third-order valence-corrected chi connectivity index (χ3v) is 3.40. The van der Waals surface area contributed by atoms with Crippen LogP contribution in [0.3, 0.4) is 0 Å². The van der Waals surface area contributed by atoms with Crippen molar-refractivity contribution in [2.24, 2.45) is 0 Å². The van der Waals surface area contributed by atoms with E-state index < -0.39 is 0 Å². The van der Waals surface area contributed by atoms with Crippen LogP contribution in [0.25, 0.3) is 11.0 Å². The van der Waals surface area contributed by atoms with Crippen molar-refractivity contribution in [1.29, 1.82) is 0 Å². The van der Waals surface area contributed by atoms with Gasteiger partial charge in [0.25, 0.3) is 0 Å². The maximum absolute atomic E-state index is 12.9. The molecule has 3 aromatic rings. The van der Waals surface area contributed by atoms with Crippen LogP contribution in [0.15, 0.2) is 46.9 Å². The van der Waals surface area contributed by atoms with Crippen molar-refractivity contribution in [3.8, 4) is 0 Å². The smallest absolute Gasteiger partial charge is 0.228 e. The first kappa shape index (κ1) is 12.6. The van der Waals surface area contributed by atoms with E-state index in [4.69, 9.17) is 4.42 Å². The predicted octanol–water partition coefficient (Wildman–Crippen LogP) is 4.42. The van der Waals surface area contributed by atoms with Gasteiger partial charge in [-0.15, -0.1) is 0 Å². The van der Waals surface area contributed by atoms with Crippen molar-refractivity contribution < 1.29 is 13.6 Å². The molecule has 2 nitrogen and oxygen atoms in total. The zero-order valence-electron chi connectivity index (χ0n) is 11.2. The second kappa shape index (κ2) is 4.60. The van der Waals surface area contributed by atoms with Crippen molar-refractivity contribution in [3.63, 3.8) is 0 Å². The third kappa shape index (κ3) is 2.01. The number of rotatable bonds is 2. The topological polar surface area (TPSA) is 30.2 Å². The predicted molar refractivity (Wildman–Crippen MR) is 75.5 cm³/mol. The quantitative estimate of drug-likeness (QED) is 0.644. The Kier molecular flexibility index (Phi) is 2.90. The lowest BCUT2D eigenvalue weighted by Crippen LogP contribution is -2.01. The van der Waals surface area contributed by atoms with Gasteiger partial charge < -0.3 is 4.42 Å². The van der Waals surface area contributed by atoms with Crippen LogP contribution in [0.2, 0.25) is 0 Å². The lowest BCUT2D eigenvalue weighted by atomic mass is 10.0. The van der Waals surface area contributed by atoms with E-state index in [0.717, 1.165) is 16.5 Å². The van der Waals surface area contributed by atoms with Gasteiger partial charge in [0.15, 0.2) is 5.76 Å². The van der Waals surface area contributed by atoms with Gasteiger partial charge >= 0.3 is 0 Å². The van der Waals surface area contributed by atoms with Gasteiger partial charge in [0, 0.05) is 16.5 Å². The molecule has 0 bridgehead atoms. The molecule has 3 heteroatoms. The second-order valence-corrected chi connectivity index (χ2v) is 4.89. The number of hydrogen-bond acceptors (Lipinski definition) is 2. The molecule has 3 rings (SSSR count).